The third-order valence-electron chi connectivity index (χ3n) is 4.02. The fourth-order valence-corrected chi connectivity index (χ4v) is 2.73. The van der Waals surface area contributed by atoms with E-state index in [2.05, 4.69) is 16.9 Å². The summed E-state index contributed by atoms with van der Waals surface area (Å²) in [5.41, 5.74) is 1.00. The number of nitrogens with one attached hydrogen (secondary N) is 1. The highest BCUT2D eigenvalue weighted by Crippen LogP contribution is 2.33. The molecule has 8 heteroatoms. The van der Waals surface area contributed by atoms with Crippen LogP contribution in [0.1, 0.15) is 11.1 Å². The number of rotatable bonds is 5. The fourth-order valence-electron chi connectivity index (χ4n) is 2.73. The van der Waals surface area contributed by atoms with Crippen molar-refractivity contribution < 1.29 is 22.7 Å². The number of carbonyl (C=O) groups excluding carboxylic acids is 1. The van der Waals surface area contributed by atoms with Crippen LogP contribution in [0.25, 0.3) is 11.0 Å². The van der Waals surface area contributed by atoms with Crippen LogP contribution in [0.3, 0.4) is 0 Å². The van der Waals surface area contributed by atoms with E-state index in [0.717, 1.165) is 18.2 Å². The number of anilines is 1. The van der Waals surface area contributed by atoms with Gasteiger partial charge in [-0.2, -0.15) is 13.2 Å². The minimum Gasteiger partial charge on any atom is -0.494 e. The lowest BCUT2D eigenvalue weighted by atomic mass is 10.1. The Morgan fingerprint density at radius 3 is 2.59 bits per heavy atom. The number of pyridine rings is 1. The van der Waals surface area contributed by atoms with Gasteiger partial charge in [-0.15, -0.1) is 0 Å². The first-order chi connectivity index (χ1) is 12.8. The molecular weight excluding hydrogens is 359 g/mol. The Morgan fingerprint density at radius 1 is 1.30 bits per heavy atom. The molecule has 2 aromatic heterocycles. The summed E-state index contributed by atoms with van der Waals surface area (Å²) in [6.07, 6.45) is 0.00205. The van der Waals surface area contributed by atoms with Crippen LogP contribution in [-0.4, -0.2) is 22.6 Å². The number of aromatic nitrogens is 2. The molecule has 1 amide bonds. The molecule has 0 aliphatic carbocycles. The maximum atomic E-state index is 12.7. The van der Waals surface area contributed by atoms with Gasteiger partial charge in [0.25, 0.3) is 0 Å². The SMILES string of the molecule is C=CC(=O)Nc1cnc2c(ccn2Cc2ccc(C(F)(F)F)cc2)c1OC. The van der Waals surface area contributed by atoms with Crippen molar-refractivity contribution in [1.29, 1.82) is 0 Å². The van der Waals surface area contributed by atoms with Gasteiger partial charge in [0.15, 0.2) is 5.75 Å². The molecule has 140 valence electrons. The molecule has 0 fully saturated rings. The van der Waals surface area contributed by atoms with Crippen molar-refractivity contribution >= 4 is 22.6 Å². The second kappa shape index (κ2) is 7.14. The normalized spacial score (nSPS) is 11.4. The molecule has 1 aromatic carbocycles. The Bertz CT molecular complexity index is 992. The molecule has 0 saturated heterocycles. The molecule has 0 unspecified atom stereocenters. The molecule has 1 N–H and O–H groups in total. The largest absolute Gasteiger partial charge is 0.494 e. The van der Waals surface area contributed by atoms with Crippen LogP contribution < -0.4 is 10.1 Å². The van der Waals surface area contributed by atoms with E-state index in [-0.39, 0.29) is 0 Å². The van der Waals surface area contributed by atoms with Gasteiger partial charge in [-0.05, 0) is 29.8 Å². The summed E-state index contributed by atoms with van der Waals surface area (Å²) in [4.78, 5) is 15.9. The monoisotopic (exact) mass is 375 g/mol. The molecule has 0 atom stereocenters. The van der Waals surface area contributed by atoms with E-state index < -0.39 is 17.6 Å². The van der Waals surface area contributed by atoms with Crippen molar-refractivity contribution in [2.45, 2.75) is 12.7 Å². The van der Waals surface area contributed by atoms with Gasteiger partial charge in [-0.1, -0.05) is 18.7 Å². The Hall–Kier alpha value is -3.29. The third-order valence-corrected chi connectivity index (χ3v) is 4.02. The number of halogens is 3. The second-order valence-electron chi connectivity index (χ2n) is 5.77. The lowest BCUT2D eigenvalue weighted by molar-refractivity contribution is -0.137. The zero-order valence-electron chi connectivity index (χ0n) is 14.4. The topological polar surface area (TPSA) is 56.2 Å². The number of carbonyl (C=O) groups is 1. The van der Waals surface area contributed by atoms with Crippen molar-refractivity contribution in [2.75, 3.05) is 12.4 Å². The number of benzene rings is 1. The predicted molar refractivity (Wildman–Crippen MR) is 95.7 cm³/mol. The summed E-state index contributed by atoms with van der Waals surface area (Å²) < 4.78 is 45.2. The molecule has 3 rings (SSSR count). The Balaban J connectivity index is 1.92. The van der Waals surface area contributed by atoms with Crippen LogP contribution in [0.4, 0.5) is 18.9 Å². The number of ether oxygens (including phenoxy) is 1. The molecule has 0 aliphatic rings. The number of alkyl halides is 3. The van der Waals surface area contributed by atoms with Crippen LogP contribution in [0.15, 0.2) is 55.4 Å². The molecule has 0 bridgehead atoms. The van der Waals surface area contributed by atoms with Crippen LogP contribution in [0.5, 0.6) is 5.75 Å². The van der Waals surface area contributed by atoms with E-state index in [9.17, 15) is 18.0 Å². The molecule has 0 aliphatic heterocycles. The number of methoxy groups -OCH3 is 1. The van der Waals surface area contributed by atoms with Gasteiger partial charge in [-0.3, -0.25) is 4.79 Å². The van der Waals surface area contributed by atoms with Crippen molar-refractivity contribution in [3.8, 4) is 5.75 Å². The van der Waals surface area contributed by atoms with E-state index in [0.29, 0.717) is 34.6 Å². The summed E-state index contributed by atoms with van der Waals surface area (Å²) in [5.74, 6) is 0.0556. The number of nitrogens with zero attached hydrogens (tertiary/aromatic N) is 2. The lowest BCUT2D eigenvalue weighted by Crippen LogP contribution is -2.09. The summed E-state index contributed by atoms with van der Waals surface area (Å²) in [7, 11) is 1.48. The van der Waals surface area contributed by atoms with Gasteiger partial charge >= 0.3 is 6.18 Å². The van der Waals surface area contributed by atoms with Crippen molar-refractivity contribution in [3.63, 3.8) is 0 Å². The Morgan fingerprint density at radius 2 is 2.00 bits per heavy atom. The lowest BCUT2D eigenvalue weighted by Gasteiger charge is -2.11. The number of hydrogen-bond acceptors (Lipinski definition) is 3. The van der Waals surface area contributed by atoms with Gasteiger partial charge in [0.05, 0.1) is 24.3 Å². The maximum absolute atomic E-state index is 12.7. The zero-order chi connectivity index (χ0) is 19.6. The van der Waals surface area contributed by atoms with E-state index in [1.807, 2.05) is 0 Å². The number of hydrogen-bond donors (Lipinski definition) is 1. The molecule has 0 saturated carbocycles. The first-order valence-electron chi connectivity index (χ1n) is 7.95. The van der Waals surface area contributed by atoms with Gasteiger partial charge in [0.1, 0.15) is 11.3 Å². The molecule has 0 radical (unpaired) electrons. The molecule has 2 heterocycles. The smallest absolute Gasteiger partial charge is 0.416 e. The second-order valence-corrected chi connectivity index (χ2v) is 5.77. The highest BCUT2D eigenvalue weighted by molar-refractivity contribution is 6.02. The maximum Gasteiger partial charge on any atom is 0.416 e. The van der Waals surface area contributed by atoms with E-state index in [1.165, 1.54) is 25.4 Å². The Kier molecular flexibility index (Phi) is 4.89. The molecule has 3 aromatic rings. The average molecular weight is 375 g/mol. The highest BCUT2D eigenvalue weighted by Gasteiger charge is 2.29. The van der Waals surface area contributed by atoms with Crippen LogP contribution in [0, 0.1) is 0 Å². The number of fused-ring (bicyclic) bond motifs is 1. The van der Waals surface area contributed by atoms with Crippen LogP contribution >= 0.6 is 0 Å². The summed E-state index contributed by atoms with van der Waals surface area (Å²) in [6.45, 7) is 3.74. The van der Waals surface area contributed by atoms with Gasteiger partial charge in [0.2, 0.25) is 5.91 Å². The van der Waals surface area contributed by atoms with Crippen molar-refractivity contribution in [3.05, 3.63) is 66.5 Å². The summed E-state index contributed by atoms with van der Waals surface area (Å²) >= 11 is 0. The van der Waals surface area contributed by atoms with Crippen molar-refractivity contribution in [2.24, 2.45) is 0 Å². The van der Waals surface area contributed by atoms with Crippen molar-refractivity contribution in [1.82, 2.24) is 9.55 Å². The first kappa shape index (κ1) is 18.5. The third kappa shape index (κ3) is 3.79. The molecule has 27 heavy (non-hydrogen) atoms. The van der Waals surface area contributed by atoms with Gasteiger partial charge < -0.3 is 14.6 Å². The fraction of sp³-hybridized carbons (Fsp3) is 0.158. The van der Waals surface area contributed by atoms with E-state index in [1.54, 1.807) is 16.8 Å². The van der Waals surface area contributed by atoms with E-state index in [4.69, 9.17) is 4.74 Å². The Labute approximate surface area is 153 Å². The summed E-state index contributed by atoms with van der Waals surface area (Å²) in [6, 6.07) is 6.75. The molecule has 0 spiro atoms. The minimum absolute atomic E-state index is 0.343. The predicted octanol–water partition coefficient (Wildman–Crippen LogP) is 4.24. The van der Waals surface area contributed by atoms with Gasteiger partial charge in [-0.25, -0.2) is 4.98 Å². The van der Waals surface area contributed by atoms with Crippen LogP contribution in [0.2, 0.25) is 0 Å². The molecule has 5 nitrogen and oxygen atoms in total. The summed E-state index contributed by atoms with van der Waals surface area (Å²) in [5, 5.41) is 3.29. The average Bonchev–Trinajstić information content (AvgIpc) is 3.04. The first-order valence-corrected chi connectivity index (χ1v) is 7.95. The van der Waals surface area contributed by atoms with Gasteiger partial charge in [0, 0.05) is 12.7 Å². The molecular formula is C19H16F3N3O2. The minimum atomic E-state index is -4.36. The number of amides is 1. The quantitative estimate of drug-likeness (QED) is 0.679. The zero-order valence-corrected chi connectivity index (χ0v) is 14.4. The highest BCUT2D eigenvalue weighted by atomic mass is 19.4. The standard InChI is InChI=1S/C19H16F3N3O2/c1-3-16(26)24-15-10-23-18-14(17(15)27-2)8-9-25(18)11-12-4-6-13(7-5-12)19(20,21)22/h3-10H,1,11H2,2H3,(H,24,26). The van der Waals surface area contributed by atoms with E-state index >= 15 is 0 Å². The van der Waals surface area contributed by atoms with Crippen LogP contribution in [-0.2, 0) is 17.5 Å².